The van der Waals surface area contributed by atoms with Crippen LogP contribution in [0.2, 0.25) is 0 Å². The minimum absolute atomic E-state index is 0.0638. The second kappa shape index (κ2) is 7.28. The molecule has 1 aromatic heterocycles. The highest BCUT2D eigenvalue weighted by molar-refractivity contribution is 5.79. The minimum atomic E-state index is -0.498. The van der Waals surface area contributed by atoms with Gasteiger partial charge in [-0.1, -0.05) is 0 Å². The maximum Gasteiger partial charge on any atom is 0.410 e. The Morgan fingerprint density at radius 3 is 2.46 bits per heavy atom. The summed E-state index contributed by atoms with van der Waals surface area (Å²) >= 11 is 0. The van der Waals surface area contributed by atoms with E-state index in [-0.39, 0.29) is 24.0 Å². The Morgan fingerprint density at radius 2 is 1.96 bits per heavy atom. The number of rotatable bonds is 3. The van der Waals surface area contributed by atoms with E-state index in [0.717, 1.165) is 5.76 Å². The third kappa shape index (κ3) is 4.52. The summed E-state index contributed by atoms with van der Waals surface area (Å²) in [4.78, 5) is 28.2. The van der Waals surface area contributed by atoms with Crippen LogP contribution in [-0.4, -0.2) is 47.5 Å². The van der Waals surface area contributed by atoms with Gasteiger partial charge in [0.05, 0.1) is 12.3 Å². The molecule has 1 aliphatic rings. The number of amides is 2. The number of hydrogen-bond donors (Lipinski definition) is 0. The van der Waals surface area contributed by atoms with Gasteiger partial charge in [0.15, 0.2) is 0 Å². The Morgan fingerprint density at radius 1 is 1.33 bits per heavy atom. The third-order valence-electron chi connectivity index (χ3n) is 4.38. The lowest BCUT2D eigenvalue weighted by atomic mass is 9.95. The molecule has 0 N–H and O–H groups in total. The van der Waals surface area contributed by atoms with E-state index in [0.29, 0.717) is 25.9 Å². The van der Waals surface area contributed by atoms with Crippen molar-refractivity contribution in [1.29, 1.82) is 0 Å². The number of piperidine rings is 1. The Hall–Kier alpha value is -1.98. The topological polar surface area (TPSA) is 63.0 Å². The quantitative estimate of drug-likeness (QED) is 0.848. The van der Waals surface area contributed by atoms with Crippen LogP contribution in [0.15, 0.2) is 22.8 Å². The van der Waals surface area contributed by atoms with E-state index in [4.69, 9.17) is 9.15 Å². The predicted molar refractivity (Wildman–Crippen MR) is 90.4 cm³/mol. The SMILES string of the molecule is CC(c1ccco1)N(C)C(=O)C1CCN(C(=O)OC(C)(C)C)CC1. The first-order valence-corrected chi connectivity index (χ1v) is 8.47. The zero-order valence-electron chi connectivity index (χ0n) is 15.2. The fourth-order valence-corrected chi connectivity index (χ4v) is 2.83. The first-order chi connectivity index (χ1) is 11.2. The van der Waals surface area contributed by atoms with Crippen LogP contribution in [-0.2, 0) is 9.53 Å². The zero-order valence-corrected chi connectivity index (χ0v) is 15.2. The molecule has 1 aliphatic heterocycles. The highest BCUT2D eigenvalue weighted by Crippen LogP contribution is 2.26. The zero-order chi connectivity index (χ0) is 17.9. The molecule has 0 bridgehead atoms. The molecule has 0 saturated carbocycles. The summed E-state index contributed by atoms with van der Waals surface area (Å²) in [7, 11) is 1.80. The van der Waals surface area contributed by atoms with E-state index >= 15 is 0 Å². The van der Waals surface area contributed by atoms with Gasteiger partial charge in [0.25, 0.3) is 0 Å². The molecule has 2 amide bonds. The lowest BCUT2D eigenvalue weighted by Gasteiger charge is -2.35. The van der Waals surface area contributed by atoms with Gasteiger partial charge in [-0.05, 0) is 52.7 Å². The highest BCUT2D eigenvalue weighted by atomic mass is 16.6. The van der Waals surface area contributed by atoms with Gasteiger partial charge >= 0.3 is 6.09 Å². The van der Waals surface area contributed by atoms with Crippen molar-refractivity contribution < 1.29 is 18.7 Å². The standard InChI is InChI=1S/C18H28N2O4/c1-13(15-7-6-12-23-15)19(5)16(21)14-8-10-20(11-9-14)17(22)24-18(2,3)4/h6-7,12-14H,8-11H2,1-5H3. The molecular weight excluding hydrogens is 308 g/mol. The van der Waals surface area contributed by atoms with Gasteiger partial charge < -0.3 is 19.0 Å². The first-order valence-electron chi connectivity index (χ1n) is 8.47. The molecule has 0 aromatic carbocycles. The molecule has 6 heteroatoms. The number of carbonyl (C=O) groups is 2. The van der Waals surface area contributed by atoms with Crippen molar-refractivity contribution in [3.8, 4) is 0 Å². The smallest absolute Gasteiger partial charge is 0.410 e. The monoisotopic (exact) mass is 336 g/mol. The number of ether oxygens (including phenoxy) is 1. The fraction of sp³-hybridized carbons (Fsp3) is 0.667. The van der Waals surface area contributed by atoms with E-state index in [2.05, 4.69) is 0 Å². The lowest BCUT2D eigenvalue weighted by molar-refractivity contribution is -0.138. The third-order valence-corrected chi connectivity index (χ3v) is 4.38. The van der Waals surface area contributed by atoms with Crippen molar-refractivity contribution in [2.75, 3.05) is 20.1 Å². The number of hydrogen-bond acceptors (Lipinski definition) is 4. The van der Waals surface area contributed by atoms with Gasteiger partial charge in [0, 0.05) is 26.1 Å². The molecule has 2 rings (SSSR count). The van der Waals surface area contributed by atoms with Crippen LogP contribution in [0.1, 0.15) is 52.3 Å². The summed E-state index contributed by atoms with van der Waals surface area (Å²) in [6.45, 7) is 8.61. The second-order valence-electron chi connectivity index (χ2n) is 7.38. The van der Waals surface area contributed by atoms with Crippen LogP contribution >= 0.6 is 0 Å². The van der Waals surface area contributed by atoms with Crippen molar-refractivity contribution in [2.45, 2.75) is 52.2 Å². The summed E-state index contributed by atoms with van der Waals surface area (Å²) in [5, 5.41) is 0. The van der Waals surface area contributed by atoms with Gasteiger partial charge in [0.2, 0.25) is 5.91 Å². The predicted octanol–water partition coefficient (Wildman–Crippen LogP) is 3.45. The highest BCUT2D eigenvalue weighted by Gasteiger charge is 2.32. The maximum atomic E-state index is 12.7. The van der Waals surface area contributed by atoms with Gasteiger partial charge in [0.1, 0.15) is 11.4 Å². The van der Waals surface area contributed by atoms with Crippen LogP contribution in [0.5, 0.6) is 0 Å². The Balaban J connectivity index is 1.87. The number of likely N-dealkylation sites (tertiary alicyclic amines) is 1. The summed E-state index contributed by atoms with van der Waals surface area (Å²) in [6.07, 6.45) is 2.63. The Bertz CT molecular complexity index is 554. The number of nitrogens with zero attached hydrogens (tertiary/aromatic N) is 2. The molecule has 24 heavy (non-hydrogen) atoms. The molecule has 1 saturated heterocycles. The molecule has 1 fully saturated rings. The summed E-state index contributed by atoms with van der Waals surface area (Å²) in [5.41, 5.74) is -0.498. The first kappa shape index (κ1) is 18.4. The van der Waals surface area contributed by atoms with Gasteiger partial charge in [-0.3, -0.25) is 4.79 Å². The largest absolute Gasteiger partial charge is 0.467 e. The average Bonchev–Trinajstić information content (AvgIpc) is 3.05. The maximum absolute atomic E-state index is 12.7. The molecule has 0 aliphatic carbocycles. The summed E-state index contributed by atoms with van der Waals surface area (Å²) in [6, 6.07) is 3.60. The van der Waals surface area contributed by atoms with Crippen molar-refractivity contribution in [1.82, 2.24) is 9.80 Å². The molecule has 6 nitrogen and oxygen atoms in total. The van der Waals surface area contributed by atoms with Crippen LogP contribution < -0.4 is 0 Å². The number of furan rings is 1. The second-order valence-corrected chi connectivity index (χ2v) is 7.38. The summed E-state index contributed by atoms with van der Waals surface area (Å²) < 4.78 is 10.8. The van der Waals surface area contributed by atoms with Crippen LogP contribution in [0.4, 0.5) is 4.79 Å². The van der Waals surface area contributed by atoms with E-state index < -0.39 is 5.60 Å². The number of carbonyl (C=O) groups excluding carboxylic acids is 2. The van der Waals surface area contributed by atoms with Crippen molar-refractivity contribution in [2.24, 2.45) is 5.92 Å². The fourth-order valence-electron chi connectivity index (χ4n) is 2.83. The van der Waals surface area contributed by atoms with Crippen LogP contribution in [0.3, 0.4) is 0 Å². The van der Waals surface area contributed by atoms with Crippen molar-refractivity contribution in [3.05, 3.63) is 24.2 Å². The van der Waals surface area contributed by atoms with Gasteiger partial charge in [-0.15, -0.1) is 0 Å². The van der Waals surface area contributed by atoms with Crippen LogP contribution in [0, 0.1) is 5.92 Å². The van der Waals surface area contributed by atoms with Crippen molar-refractivity contribution >= 4 is 12.0 Å². The minimum Gasteiger partial charge on any atom is -0.467 e. The average molecular weight is 336 g/mol. The van der Waals surface area contributed by atoms with Crippen molar-refractivity contribution in [3.63, 3.8) is 0 Å². The lowest BCUT2D eigenvalue weighted by Crippen LogP contribution is -2.45. The van der Waals surface area contributed by atoms with Gasteiger partial charge in [-0.2, -0.15) is 0 Å². The Kier molecular flexibility index (Phi) is 5.57. The Labute approximate surface area is 143 Å². The van der Waals surface area contributed by atoms with E-state index in [1.165, 1.54) is 0 Å². The molecule has 1 aromatic rings. The van der Waals surface area contributed by atoms with E-state index in [1.54, 1.807) is 23.1 Å². The molecule has 0 radical (unpaired) electrons. The molecule has 0 spiro atoms. The molecule has 134 valence electrons. The molecule has 1 atom stereocenters. The molecular formula is C18H28N2O4. The van der Waals surface area contributed by atoms with E-state index in [1.807, 2.05) is 39.8 Å². The van der Waals surface area contributed by atoms with E-state index in [9.17, 15) is 9.59 Å². The normalized spacial score (nSPS) is 17.5. The molecule has 1 unspecified atom stereocenters. The summed E-state index contributed by atoms with van der Waals surface area (Å²) in [5.74, 6) is 0.811. The van der Waals surface area contributed by atoms with Crippen LogP contribution in [0.25, 0.3) is 0 Å². The molecule has 2 heterocycles. The van der Waals surface area contributed by atoms with Gasteiger partial charge in [-0.25, -0.2) is 4.79 Å².